The fourth-order valence-corrected chi connectivity index (χ4v) is 4.08. The number of carbonyl (C=O) groups is 2. The molecule has 0 unspecified atom stereocenters. The molecule has 146 valence electrons. The Kier molecular flexibility index (Phi) is 4.37. The lowest BCUT2D eigenvalue weighted by Gasteiger charge is -2.30. The summed E-state index contributed by atoms with van der Waals surface area (Å²) in [5.41, 5.74) is 2.95. The SMILES string of the molecule is O=C1CN(C(=O)c2cn3c(n2)CNCC3)[C@H](c2ccccc2)c2ccccc2N1. The van der Waals surface area contributed by atoms with Gasteiger partial charge in [0.15, 0.2) is 0 Å². The van der Waals surface area contributed by atoms with Crippen LogP contribution < -0.4 is 10.6 Å². The van der Waals surface area contributed by atoms with Crippen LogP contribution in [0.25, 0.3) is 0 Å². The third-order valence-electron chi connectivity index (χ3n) is 5.42. The van der Waals surface area contributed by atoms with Gasteiger partial charge in [0.1, 0.15) is 18.1 Å². The van der Waals surface area contributed by atoms with Crippen LogP contribution in [0, 0.1) is 0 Å². The van der Waals surface area contributed by atoms with E-state index in [1.165, 1.54) is 0 Å². The van der Waals surface area contributed by atoms with Crippen molar-refractivity contribution in [2.24, 2.45) is 0 Å². The zero-order chi connectivity index (χ0) is 19.8. The summed E-state index contributed by atoms with van der Waals surface area (Å²) in [6, 6.07) is 17.1. The van der Waals surface area contributed by atoms with Crippen molar-refractivity contribution < 1.29 is 9.59 Å². The Labute approximate surface area is 168 Å². The number of imidazole rings is 1. The molecule has 3 heterocycles. The van der Waals surface area contributed by atoms with Gasteiger partial charge in [-0.1, -0.05) is 48.5 Å². The first kappa shape index (κ1) is 17.6. The molecular weight excluding hydrogens is 366 g/mol. The van der Waals surface area contributed by atoms with Crippen LogP contribution in [0.4, 0.5) is 5.69 Å². The van der Waals surface area contributed by atoms with Crippen LogP contribution in [0.15, 0.2) is 60.8 Å². The maximum atomic E-state index is 13.6. The largest absolute Gasteiger partial charge is 0.332 e. The zero-order valence-corrected chi connectivity index (χ0v) is 15.8. The molecule has 2 amide bonds. The van der Waals surface area contributed by atoms with Crippen molar-refractivity contribution in [1.82, 2.24) is 19.8 Å². The molecule has 2 aliphatic rings. The standard InChI is InChI=1S/C22H21N5O2/c28-20-14-27(22(29)18-13-26-11-10-23-12-19(26)24-18)21(15-6-2-1-3-7-15)16-8-4-5-9-17(16)25-20/h1-9,13,21,23H,10-12,14H2,(H,25,28)/t21-/m1/s1. The van der Waals surface area contributed by atoms with Crippen LogP contribution in [-0.2, 0) is 17.9 Å². The number of carbonyl (C=O) groups excluding carboxylic acids is 2. The van der Waals surface area contributed by atoms with E-state index in [9.17, 15) is 9.59 Å². The number of para-hydroxylation sites is 1. The molecule has 0 saturated heterocycles. The van der Waals surface area contributed by atoms with Crippen molar-refractivity contribution in [2.75, 3.05) is 18.4 Å². The quantitative estimate of drug-likeness (QED) is 0.706. The second-order valence-electron chi connectivity index (χ2n) is 7.29. The number of nitrogens with zero attached hydrogens (tertiary/aromatic N) is 3. The van der Waals surface area contributed by atoms with Gasteiger partial charge in [-0.25, -0.2) is 4.98 Å². The molecule has 7 heteroatoms. The molecule has 2 N–H and O–H groups in total. The van der Waals surface area contributed by atoms with Gasteiger partial charge in [0, 0.05) is 30.5 Å². The highest BCUT2D eigenvalue weighted by molar-refractivity contribution is 6.00. The topological polar surface area (TPSA) is 79.3 Å². The van der Waals surface area contributed by atoms with E-state index in [4.69, 9.17) is 0 Å². The predicted octanol–water partition coefficient (Wildman–Crippen LogP) is 2.17. The van der Waals surface area contributed by atoms with Gasteiger partial charge in [0.05, 0.1) is 12.6 Å². The molecule has 1 aromatic heterocycles. The lowest BCUT2D eigenvalue weighted by Crippen LogP contribution is -2.39. The number of rotatable bonds is 2. The smallest absolute Gasteiger partial charge is 0.275 e. The van der Waals surface area contributed by atoms with Gasteiger partial charge in [-0.3, -0.25) is 9.59 Å². The summed E-state index contributed by atoms with van der Waals surface area (Å²) < 4.78 is 2.01. The van der Waals surface area contributed by atoms with E-state index in [1.54, 1.807) is 11.1 Å². The van der Waals surface area contributed by atoms with E-state index in [2.05, 4.69) is 15.6 Å². The summed E-state index contributed by atoms with van der Waals surface area (Å²) in [4.78, 5) is 32.3. The number of hydrogen-bond acceptors (Lipinski definition) is 4. The highest BCUT2D eigenvalue weighted by atomic mass is 16.2. The van der Waals surface area contributed by atoms with E-state index in [-0.39, 0.29) is 24.4 Å². The van der Waals surface area contributed by atoms with Gasteiger partial charge >= 0.3 is 0 Å². The number of hydrogen-bond donors (Lipinski definition) is 2. The molecule has 5 rings (SSSR count). The molecule has 1 atom stereocenters. The normalized spacial score (nSPS) is 18.4. The number of amides is 2. The minimum absolute atomic E-state index is 0.0342. The third-order valence-corrected chi connectivity index (χ3v) is 5.42. The van der Waals surface area contributed by atoms with Crippen molar-refractivity contribution in [3.05, 3.63) is 83.4 Å². The molecular formula is C22H21N5O2. The van der Waals surface area contributed by atoms with Crippen LogP contribution in [0.2, 0.25) is 0 Å². The zero-order valence-electron chi connectivity index (χ0n) is 15.8. The molecule has 0 bridgehead atoms. The second-order valence-corrected chi connectivity index (χ2v) is 7.29. The number of nitrogens with one attached hydrogen (secondary N) is 2. The minimum Gasteiger partial charge on any atom is -0.332 e. The van der Waals surface area contributed by atoms with Gasteiger partial charge in [-0.05, 0) is 11.6 Å². The first-order valence-electron chi connectivity index (χ1n) is 9.72. The maximum absolute atomic E-state index is 13.6. The lowest BCUT2D eigenvalue weighted by atomic mass is 9.95. The Hall–Kier alpha value is -3.45. The number of benzene rings is 2. The molecule has 2 aliphatic heterocycles. The predicted molar refractivity (Wildman–Crippen MR) is 108 cm³/mol. The van der Waals surface area contributed by atoms with Crippen molar-refractivity contribution in [3.63, 3.8) is 0 Å². The molecule has 0 spiro atoms. The third kappa shape index (κ3) is 3.19. The lowest BCUT2D eigenvalue weighted by molar-refractivity contribution is -0.117. The fraction of sp³-hybridized carbons (Fsp3) is 0.227. The molecule has 29 heavy (non-hydrogen) atoms. The molecule has 3 aromatic rings. The van der Waals surface area contributed by atoms with E-state index in [0.717, 1.165) is 35.7 Å². The van der Waals surface area contributed by atoms with Crippen molar-refractivity contribution >= 4 is 17.5 Å². The average Bonchev–Trinajstić information content (AvgIpc) is 3.12. The summed E-state index contributed by atoms with van der Waals surface area (Å²) in [7, 11) is 0. The van der Waals surface area contributed by atoms with Crippen molar-refractivity contribution in [1.29, 1.82) is 0 Å². The Bertz CT molecular complexity index is 1050. The molecule has 0 fully saturated rings. The monoisotopic (exact) mass is 387 g/mol. The number of anilines is 1. The maximum Gasteiger partial charge on any atom is 0.275 e. The summed E-state index contributed by atoms with van der Waals surface area (Å²) in [5.74, 6) is 0.387. The molecule has 0 saturated carbocycles. The number of aromatic nitrogens is 2. The second kappa shape index (κ2) is 7.18. The Morgan fingerprint density at radius 3 is 2.69 bits per heavy atom. The molecule has 7 nitrogen and oxygen atoms in total. The van der Waals surface area contributed by atoms with Crippen LogP contribution in [0.5, 0.6) is 0 Å². The summed E-state index contributed by atoms with van der Waals surface area (Å²) >= 11 is 0. The highest BCUT2D eigenvalue weighted by Gasteiger charge is 2.35. The molecule has 0 radical (unpaired) electrons. The first-order chi connectivity index (χ1) is 14.2. The summed E-state index contributed by atoms with van der Waals surface area (Å²) in [5, 5.41) is 6.20. The van der Waals surface area contributed by atoms with Crippen LogP contribution in [0.3, 0.4) is 0 Å². The minimum atomic E-state index is -0.379. The van der Waals surface area contributed by atoms with E-state index < -0.39 is 0 Å². The number of fused-ring (bicyclic) bond motifs is 2. The molecule has 2 aromatic carbocycles. The van der Waals surface area contributed by atoms with Gasteiger partial charge in [-0.15, -0.1) is 0 Å². The van der Waals surface area contributed by atoms with E-state index in [0.29, 0.717) is 12.2 Å². The van der Waals surface area contributed by atoms with E-state index in [1.807, 2.05) is 59.2 Å². The fourth-order valence-electron chi connectivity index (χ4n) is 4.08. The average molecular weight is 387 g/mol. The Morgan fingerprint density at radius 1 is 1.07 bits per heavy atom. The van der Waals surface area contributed by atoms with Crippen LogP contribution in [0.1, 0.15) is 33.5 Å². The van der Waals surface area contributed by atoms with Gasteiger partial charge in [0.25, 0.3) is 5.91 Å². The van der Waals surface area contributed by atoms with Crippen molar-refractivity contribution in [2.45, 2.75) is 19.1 Å². The Balaban J connectivity index is 1.61. The van der Waals surface area contributed by atoms with Gasteiger partial charge in [-0.2, -0.15) is 0 Å². The van der Waals surface area contributed by atoms with Gasteiger partial charge in [0.2, 0.25) is 5.91 Å². The highest BCUT2D eigenvalue weighted by Crippen LogP contribution is 2.36. The molecule has 0 aliphatic carbocycles. The van der Waals surface area contributed by atoms with E-state index >= 15 is 0 Å². The van der Waals surface area contributed by atoms with Crippen molar-refractivity contribution in [3.8, 4) is 0 Å². The summed E-state index contributed by atoms with van der Waals surface area (Å²) in [6.07, 6.45) is 1.80. The first-order valence-corrected chi connectivity index (χ1v) is 9.72. The van der Waals surface area contributed by atoms with Crippen LogP contribution >= 0.6 is 0 Å². The van der Waals surface area contributed by atoms with Crippen LogP contribution in [-0.4, -0.2) is 39.4 Å². The van der Waals surface area contributed by atoms with Gasteiger partial charge < -0.3 is 20.1 Å². The summed E-state index contributed by atoms with van der Waals surface area (Å²) in [6.45, 7) is 2.23. The Morgan fingerprint density at radius 2 is 1.86 bits per heavy atom.